The molecule has 0 fully saturated rings. The Labute approximate surface area is 78.8 Å². The molecule has 0 radical (unpaired) electrons. The lowest BCUT2D eigenvalue weighted by atomic mass is 10.2. The van der Waals surface area contributed by atoms with Gasteiger partial charge in [0.25, 0.3) is 0 Å². The van der Waals surface area contributed by atoms with Crippen LogP contribution in [-0.2, 0) is 14.3 Å². The zero-order chi connectivity index (χ0) is 10.5. The Morgan fingerprint density at radius 2 is 1.92 bits per heavy atom. The third-order valence-electron chi connectivity index (χ3n) is 1.13. The van der Waals surface area contributed by atoms with Gasteiger partial charge in [-0.25, -0.2) is 0 Å². The molecule has 0 aromatic heterocycles. The van der Waals surface area contributed by atoms with E-state index in [1.165, 1.54) is 6.08 Å². The summed E-state index contributed by atoms with van der Waals surface area (Å²) in [5.74, 6) is -0.636. The predicted octanol–water partition coefficient (Wildman–Crippen LogP) is 1.86. The first-order valence-electron chi connectivity index (χ1n) is 4.19. The van der Waals surface area contributed by atoms with Crippen molar-refractivity contribution in [3.63, 3.8) is 0 Å². The minimum Gasteiger partial charge on any atom is -0.460 e. The third kappa shape index (κ3) is 7.25. The van der Waals surface area contributed by atoms with Crippen molar-refractivity contribution < 1.29 is 14.3 Å². The van der Waals surface area contributed by atoms with Gasteiger partial charge in [-0.05, 0) is 20.8 Å². The maximum atomic E-state index is 11.1. The van der Waals surface area contributed by atoms with Gasteiger partial charge in [0.1, 0.15) is 17.8 Å². The predicted molar refractivity (Wildman–Crippen MR) is 50.3 cm³/mol. The molecule has 0 spiro atoms. The number of hydrogen-bond donors (Lipinski definition) is 0. The molecule has 0 aromatic rings. The summed E-state index contributed by atoms with van der Waals surface area (Å²) in [6, 6.07) is 0. The monoisotopic (exact) mass is 184 g/mol. The summed E-state index contributed by atoms with van der Waals surface area (Å²) in [7, 11) is 0. The van der Waals surface area contributed by atoms with Gasteiger partial charge in [-0.2, -0.15) is 0 Å². The standard InChI is InChI=1S/C10H16O3/c1-5-6-8(11)7-9(12)13-10(2,3)4/h5H,1,6-7H2,2-4H3. The zero-order valence-electron chi connectivity index (χ0n) is 8.42. The summed E-state index contributed by atoms with van der Waals surface area (Å²) < 4.78 is 4.96. The molecular formula is C10H16O3. The minimum absolute atomic E-state index is 0.163. The molecular weight excluding hydrogens is 168 g/mol. The second-order valence-corrected chi connectivity index (χ2v) is 3.79. The third-order valence-corrected chi connectivity index (χ3v) is 1.13. The van der Waals surface area contributed by atoms with Crippen molar-refractivity contribution in [1.29, 1.82) is 0 Å². The van der Waals surface area contributed by atoms with E-state index in [1.807, 2.05) is 0 Å². The number of ether oxygens (including phenoxy) is 1. The Bertz CT molecular complexity index is 211. The van der Waals surface area contributed by atoms with E-state index in [2.05, 4.69) is 6.58 Å². The van der Waals surface area contributed by atoms with E-state index in [9.17, 15) is 9.59 Å². The highest BCUT2D eigenvalue weighted by Crippen LogP contribution is 2.08. The van der Waals surface area contributed by atoms with Crippen LogP contribution >= 0.6 is 0 Å². The molecule has 0 amide bonds. The van der Waals surface area contributed by atoms with Gasteiger partial charge in [0.15, 0.2) is 0 Å². The van der Waals surface area contributed by atoms with Crippen LogP contribution in [-0.4, -0.2) is 17.4 Å². The Kier molecular flexibility index (Phi) is 4.38. The summed E-state index contributed by atoms with van der Waals surface area (Å²) in [5.41, 5.74) is -0.522. The highest BCUT2D eigenvalue weighted by molar-refractivity contribution is 5.96. The van der Waals surface area contributed by atoms with Gasteiger partial charge in [0, 0.05) is 6.42 Å². The highest BCUT2D eigenvalue weighted by Gasteiger charge is 2.17. The number of hydrogen-bond acceptors (Lipinski definition) is 3. The van der Waals surface area contributed by atoms with Crippen molar-refractivity contribution in [2.75, 3.05) is 0 Å². The Morgan fingerprint density at radius 1 is 1.38 bits per heavy atom. The van der Waals surface area contributed by atoms with Crippen LogP contribution in [0.3, 0.4) is 0 Å². The molecule has 13 heavy (non-hydrogen) atoms. The Hall–Kier alpha value is -1.12. The van der Waals surface area contributed by atoms with Gasteiger partial charge < -0.3 is 4.74 Å². The summed E-state index contributed by atoms with van der Waals surface area (Å²) in [6.45, 7) is 8.71. The van der Waals surface area contributed by atoms with Crippen LogP contribution in [0.5, 0.6) is 0 Å². The van der Waals surface area contributed by atoms with Crippen molar-refractivity contribution in [3.8, 4) is 0 Å². The fourth-order valence-corrected chi connectivity index (χ4v) is 0.772. The summed E-state index contributed by atoms with van der Waals surface area (Å²) >= 11 is 0. The van der Waals surface area contributed by atoms with E-state index in [0.717, 1.165) is 0 Å². The Balaban J connectivity index is 3.88. The van der Waals surface area contributed by atoms with E-state index >= 15 is 0 Å². The topological polar surface area (TPSA) is 43.4 Å². The van der Waals surface area contributed by atoms with E-state index in [1.54, 1.807) is 20.8 Å². The highest BCUT2D eigenvalue weighted by atomic mass is 16.6. The quantitative estimate of drug-likeness (QED) is 0.380. The molecule has 0 rings (SSSR count). The van der Waals surface area contributed by atoms with Crippen molar-refractivity contribution in [3.05, 3.63) is 12.7 Å². The summed E-state index contributed by atoms with van der Waals surface area (Å²) in [6.07, 6.45) is 1.54. The zero-order valence-corrected chi connectivity index (χ0v) is 8.42. The van der Waals surface area contributed by atoms with Crippen molar-refractivity contribution in [1.82, 2.24) is 0 Å². The van der Waals surface area contributed by atoms with E-state index < -0.39 is 11.6 Å². The lowest BCUT2D eigenvalue weighted by molar-refractivity contribution is -0.156. The summed E-state index contributed by atoms with van der Waals surface area (Å²) in [4.78, 5) is 22.0. The number of ketones is 1. The molecule has 0 bridgehead atoms. The van der Waals surface area contributed by atoms with Gasteiger partial charge in [0.2, 0.25) is 0 Å². The molecule has 3 heteroatoms. The van der Waals surface area contributed by atoms with Gasteiger partial charge >= 0.3 is 5.97 Å². The lowest BCUT2D eigenvalue weighted by Gasteiger charge is -2.18. The van der Waals surface area contributed by atoms with Gasteiger partial charge in [-0.3, -0.25) is 9.59 Å². The van der Waals surface area contributed by atoms with Crippen LogP contribution in [0.1, 0.15) is 33.6 Å². The van der Waals surface area contributed by atoms with Crippen LogP contribution in [0.15, 0.2) is 12.7 Å². The van der Waals surface area contributed by atoms with Crippen LogP contribution in [0.2, 0.25) is 0 Å². The van der Waals surface area contributed by atoms with Crippen LogP contribution in [0, 0.1) is 0 Å². The number of carbonyl (C=O) groups excluding carboxylic acids is 2. The van der Waals surface area contributed by atoms with E-state index in [0.29, 0.717) is 0 Å². The molecule has 0 aliphatic rings. The number of Topliss-reactive ketones (excluding diaryl/α,β-unsaturated/α-hetero) is 1. The number of esters is 1. The van der Waals surface area contributed by atoms with Gasteiger partial charge in [-0.15, -0.1) is 6.58 Å². The molecule has 0 aliphatic carbocycles. The van der Waals surface area contributed by atoms with Crippen molar-refractivity contribution in [2.24, 2.45) is 0 Å². The molecule has 3 nitrogen and oxygen atoms in total. The minimum atomic E-state index is -0.522. The number of carbonyl (C=O) groups is 2. The summed E-state index contributed by atoms with van der Waals surface area (Å²) in [5, 5.41) is 0. The molecule has 0 aromatic carbocycles. The number of rotatable bonds is 4. The second-order valence-electron chi connectivity index (χ2n) is 3.79. The molecule has 0 N–H and O–H groups in total. The van der Waals surface area contributed by atoms with Crippen LogP contribution < -0.4 is 0 Å². The van der Waals surface area contributed by atoms with Crippen molar-refractivity contribution in [2.45, 2.75) is 39.2 Å². The maximum Gasteiger partial charge on any atom is 0.313 e. The average molecular weight is 184 g/mol. The van der Waals surface area contributed by atoms with Gasteiger partial charge in [-0.1, -0.05) is 6.08 Å². The molecule has 0 saturated carbocycles. The first kappa shape index (κ1) is 11.9. The average Bonchev–Trinajstić information content (AvgIpc) is 1.81. The lowest BCUT2D eigenvalue weighted by Crippen LogP contribution is -2.25. The van der Waals surface area contributed by atoms with Gasteiger partial charge in [0.05, 0.1) is 0 Å². The largest absolute Gasteiger partial charge is 0.460 e. The normalized spacial score (nSPS) is 10.7. The number of allylic oxidation sites excluding steroid dienone is 1. The first-order chi connectivity index (χ1) is 5.85. The van der Waals surface area contributed by atoms with Crippen LogP contribution in [0.25, 0.3) is 0 Å². The first-order valence-corrected chi connectivity index (χ1v) is 4.19. The Morgan fingerprint density at radius 3 is 2.31 bits per heavy atom. The van der Waals surface area contributed by atoms with E-state index in [-0.39, 0.29) is 18.6 Å². The second kappa shape index (κ2) is 4.80. The SMILES string of the molecule is C=CCC(=O)CC(=O)OC(C)(C)C. The molecule has 0 aliphatic heterocycles. The molecule has 74 valence electrons. The molecule has 0 unspecified atom stereocenters. The van der Waals surface area contributed by atoms with Crippen LogP contribution in [0.4, 0.5) is 0 Å². The fraction of sp³-hybridized carbons (Fsp3) is 0.600. The molecule has 0 atom stereocenters. The van der Waals surface area contributed by atoms with E-state index in [4.69, 9.17) is 4.74 Å². The maximum absolute atomic E-state index is 11.1. The fourth-order valence-electron chi connectivity index (χ4n) is 0.772. The smallest absolute Gasteiger partial charge is 0.313 e. The molecule has 0 heterocycles. The molecule has 0 saturated heterocycles. The van der Waals surface area contributed by atoms with Crippen molar-refractivity contribution >= 4 is 11.8 Å².